The minimum Gasteiger partial charge on any atom is -0.465 e. The quantitative estimate of drug-likeness (QED) is 0.475. The lowest BCUT2D eigenvalue weighted by atomic mass is 9.60. The van der Waals surface area contributed by atoms with Crippen molar-refractivity contribution in [1.29, 1.82) is 0 Å². The largest absolute Gasteiger partial charge is 0.465 e. The summed E-state index contributed by atoms with van der Waals surface area (Å²) in [7, 11) is 0. The molecular formula is C19H24O4. The maximum Gasteiger partial charge on any atom is 0.323 e. The number of hydrogen-bond donors (Lipinski definition) is 0. The molecule has 0 radical (unpaired) electrons. The molecule has 0 saturated heterocycles. The third-order valence-electron chi connectivity index (χ3n) is 4.58. The van der Waals surface area contributed by atoms with Gasteiger partial charge in [0, 0.05) is 5.41 Å². The van der Waals surface area contributed by atoms with Crippen LogP contribution < -0.4 is 0 Å². The first-order chi connectivity index (χ1) is 10.9. The zero-order valence-electron chi connectivity index (χ0n) is 14.1. The zero-order chi connectivity index (χ0) is 17.1. The van der Waals surface area contributed by atoms with E-state index in [-0.39, 0.29) is 13.2 Å². The molecule has 0 bridgehead atoms. The third kappa shape index (κ3) is 2.90. The highest BCUT2D eigenvalue weighted by Crippen LogP contribution is 2.48. The minimum absolute atomic E-state index is 0.229. The molecule has 124 valence electrons. The summed E-state index contributed by atoms with van der Waals surface area (Å²) in [5, 5.41) is 0. The fourth-order valence-electron chi connectivity index (χ4n) is 3.43. The van der Waals surface area contributed by atoms with Crippen LogP contribution in [0.1, 0.15) is 38.3 Å². The summed E-state index contributed by atoms with van der Waals surface area (Å²) >= 11 is 0. The van der Waals surface area contributed by atoms with E-state index >= 15 is 0 Å². The van der Waals surface area contributed by atoms with Crippen molar-refractivity contribution in [3.63, 3.8) is 0 Å². The molecule has 2 rings (SSSR count). The normalized spacial score (nSPS) is 21.9. The van der Waals surface area contributed by atoms with E-state index in [1.807, 2.05) is 31.2 Å². The van der Waals surface area contributed by atoms with Gasteiger partial charge in [0.15, 0.2) is 5.41 Å². The fourth-order valence-corrected chi connectivity index (χ4v) is 3.43. The Morgan fingerprint density at radius 3 is 2.26 bits per heavy atom. The van der Waals surface area contributed by atoms with E-state index in [2.05, 4.69) is 6.58 Å². The maximum absolute atomic E-state index is 12.7. The first-order valence-corrected chi connectivity index (χ1v) is 8.00. The van der Waals surface area contributed by atoms with Gasteiger partial charge in [0.05, 0.1) is 13.2 Å². The van der Waals surface area contributed by atoms with E-state index < -0.39 is 22.8 Å². The van der Waals surface area contributed by atoms with E-state index in [9.17, 15) is 9.59 Å². The molecule has 0 saturated carbocycles. The van der Waals surface area contributed by atoms with Gasteiger partial charge in [0.1, 0.15) is 0 Å². The smallest absolute Gasteiger partial charge is 0.323 e. The van der Waals surface area contributed by atoms with Gasteiger partial charge in [0.25, 0.3) is 0 Å². The predicted octanol–water partition coefficient (Wildman–Crippen LogP) is 3.19. The van der Waals surface area contributed by atoms with Gasteiger partial charge in [-0.25, -0.2) is 0 Å². The molecule has 0 aromatic heterocycles. The average molecular weight is 316 g/mol. The number of hydrogen-bond acceptors (Lipinski definition) is 4. The van der Waals surface area contributed by atoms with Crippen LogP contribution in [0.25, 0.3) is 0 Å². The van der Waals surface area contributed by atoms with Crippen molar-refractivity contribution in [3.05, 3.63) is 48.0 Å². The Balaban J connectivity index is 2.58. The monoisotopic (exact) mass is 316 g/mol. The van der Waals surface area contributed by atoms with Crippen LogP contribution in [0.5, 0.6) is 0 Å². The summed E-state index contributed by atoms with van der Waals surface area (Å²) in [6.07, 6.45) is 2.40. The Bertz CT molecular complexity index is 602. The lowest BCUT2D eigenvalue weighted by Gasteiger charge is -2.43. The Kier molecular flexibility index (Phi) is 4.93. The van der Waals surface area contributed by atoms with Crippen molar-refractivity contribution in [2.45, 2.75) is 39.0 Å². The fraction of sp³-hybridized carbons (Fsp3) is 0.474. The highest BCUT2D eigenvalue weighted by atomic mass is 16.6. The Hall–Kier alpha value is -2.10. The van der Waals surface area contributed by atoms with Gasteiger partial charge in [0.2, 0.25) is 0 Å². The second-order valence-electron chi connectivity index (χ2n) is 6.16. The summed E-state index contributed by atoms with van der Waals surface area (Å²) in [5.74, 6) is -1.03. The van der Waals surface area contributed by atoms with E-state index in [0.29, 0.717) is 12.8 Å². The lowest BCUT2D eigenvalue weighted by molar-refractivity contribution is -0.174. The Morgan fingerprint density at radius 2 is 1.74 bits per heavy atom. The van der Waals surface area contributed by atoms with Crippen LogP contribution in [0, 0.1) is 5.41 Å². The first kappa shape index (κ1) is 17.3. The van der Waals surface area contributed by atoms with E-state index in [1.165, 1.54) is 0 Å². The van der Waals surface area contributed by atoms with Crippen LogP contribution in [0.15, 0.2) is 36.9 Å². The number of benzene rings is 1. The second kappa shape index (κ2) is 6.57. The molecule has 0 aliphatic heterocycles. The van der Waals surface area contributed by atoms with E-state index in [1.54, 1.807) is 19.9 Å². The molecule has 1 aliphatic rings. The van der Waals surface area contributed by atoms with Gasteiger partial charge in [-0.1, -0.05) is 37.3 Å². The molecule has 1 atom stereocenters. The van der Waals surface area contributed by atoms with Gasteiger partial charge >= 0.3 is 11.9 Å². The summed E-state index contributed by atoms with van der Waals surface area (Å²) in [5.41, 5.74) is 0.249. The third-order valence-corrected chi connectivity index (χ3v) is 4.58. The number of esters is 2. The molecule has 1 unspecified atom stereocenters. The molecule has 1 aromatic carbocycles. The molecule has 4 nitrogen and oxygen atoms in total. The van der Waals surface area contributed by atoms with Crippen LogP contribution in [0.4, 0.5) is 0 Å². The van der Waals surface area contributed by atoms with Crippen molar-refractivity contribution in [1.82, 2.24) is 0 Å². The van der Waals surface area contributed by atoms with Crippen LogP contribution >= 0.6 is 0 Å². The van der Waals surface area contributed by atoms with Gasteiger partial charge in [-0.3, -0.25) is 9.59 Å². The van der Waals surface area contributed by atoms with Crippen molar-refractivity contribution < 1.29 is 19.1 Å². The molecule has 0 spiro atoms. The molecule has 0 fully saturated rings. The minimum atomic E-state index is -1.32. The summed E-state index contributed by atoms with van der Waals surface area (Å²) in [4.78, 5) is 25.4. The van der Waals surface area contributed by atoms with Crippen molar-refractivity contribution in [3.8, 4) is 0 Å². The van der Waals surface area contributed by atoms with Crippen molar-refractivity contribution >= 4 is 11.9 Å². The summed E-state index contributed by atoms with van der Waals surface area (Å²) < 4.78 is 10.5. The zero-order valence-corrected chi connectivity index (χ0v) is 14.1. The van der Waals surface area contributed by atoms with Gasteiger partial charge < -0.3 is 9.47 Å². The summed E-state index contributed by atoms with van der Waals surface area (Å²) in [6.45, 7) is 9.85. The molecule has 0 amide bonds. The van der Waals surface area contributed by atoms with Gasteiger partial charge in [-0.2, -0.15) is 0 Å². The highest BCUT2D eigenvalue weighted by Gasteiger charge is 2.55. The van der Waals surface area contributed by atoms with Crippen LogP contribution in [0.3, 0.4) is 0 Å². The number of rotatable bonds is 5. The molecule has 1 aromatic rings. The van der Waals surface area contributed by atoms with Crippen molar-refractivity contribution in [2.24, 2.45) is 5.41 Å². The molecule has 23 heavy (non-hydrogen) atoms. The number of ether oxygens (including phenoxy) is 2. The lowest BCUT2D eigenvalue weighted by Crippen LogP contribution is -2.50. The molecule has 1 aliphatic carbocycles. The predicted molar refractivity (Wildman–Crippen MR) is 88.0 cm³/mol. The topological polar surface area (TPSA) is 52.6 Å². The molecular weight excluding hydrogens is 292 g/mol. The number of fused-ring (bicyclic) bond motifs is 1. The highest BCUT2D eigenvalue weighted by molar-refractivity contribution is 6.01. The first-order valence-electron chi connectivity index (χ1n) is 8.00. The number of carbonyl (C=O) groups excluding carboxylic acids is 2. The van der Waals surface area contributed by atoms with Crippen LogP contribution in [-0.2, 0) is 30.9 Å². The van der Waals surface area contributed by atoms with Crippen molar-refractivity contribution in [2.75, 3.05) is 13.2 Å². The molecule has 0 N–H and O–H groups in total. The standard InChI is InChI=1S/C19H24O4/c1-5-18(4)13-19(16(20)22-6-2,17(21)23-7-3)12-14-10-8-9-11-15(14)18/h5,8-11H,1,6-7,12-13H2,2-4H3. The van der Waals surface area contributed by atoms with Gasteiger partial charge in [-0.15, -0.1) is 6.58 Å². The SMILES string of the molecule is C=CC1(C)CC(C(=O)OCC)(C(=O)OCC)Cc2ccccc21. The van der Waals surface area contributed by atoms with E-state index in [0.717, 1.165) is 11.1 Å². The maximum atomic E-state index is 12.7. The Morgan fingerprint density at radius 1 is 1.17 bits per heavy atom. The molecule has 0 heterocycles. The van der Waals surface area contributed by atoms with Crippen LogP contribution in [-0.4, -0.2) is 25.2 Å². The average Bonchev–Trinajstić information content (AvgIpc) is 2.55. The number of allylic oxidation sites excluding steroid dienone is 1. The van der Waals surface area contributed by atoms with Gasteiger partial charge in [-0.05, 0) is 37.8 Å². The Labute approximate surface area is 137 Å². The van der Waals surface area contributed by atoms with Crippen LogP contribution in [0.2, 0.25) is 0 Å². The summed E-state index contributed by atoms with van der Waals surface area (Å²) in [6, 6.07) is 7.84. The van der Waals surface area contributed by atoms with E-state index in [4.69, 9.17) is 9.47 Å². The molecule has 4 heteroatoms. The second-order valence-corrected chi connectivity index (χ2v) is 6.16. The number of carbonyl (C=O) groups is 2.